The van der Waals surface area contributed by atoms with Crippen molar-refractivity contribution >= 4 is 29.3 Å². The summed E-state index contributed by atoms with van der Waals surface area (Å²) < 4.78 is 0. The van der Waals surface area contributed by atoms with Crippen molar-refractivity contribution in [1.82, 2.24) is 5.48 Å². The molecule has 2 aromatic rings. The van der Waals surface area contributed by atoms with Gasteiger partial charge in [-0.3, -0.25) is 9.63 Å². The second-order valence-electron chi connectivity index (χ2n) is 4.33. The van der Waals surface area contributed by atoms with E-state index in [2.05, 4.69) is 5.48 Å². The van der Waals surface area contributed by atoms with Crippen LogP contribution in [0, 0.1) is 0 Å². The van der Waals surface area contributed by atoms with E-state index < -0.39 is 0 Å². The van der Waals surface area contributed by atoms with E-state index in [-0.39, 0.29) is 5.91 Å². The minimum Gasteiger partial charge on any atom is -0.273 e. The summed E-state index contributed by atoms with van der Waals surface area (Å²) in [6.45, 7) is 0.365. The molecule has 3 nitrogen and oxygen atoms in total. The molecule has 0 saturated carbocycles. The fourth-order valence-corrected chi connectivity index (χ4v) is 2.83. The second kappa shape index (κ2) is 8.72. The molecule has 0 radical (unpaired) electrons. The lowest BCUT2D eigenvalue weighted by Gasteiger charge is -2.06. The number of hydrogen-bond acceptors (Lipinski definition) is 3. The Balaban J connectivity index is 1.63. The highest BCUT2D eigenvalue weighted by Crippen LogP contribution is 2.26. The molecule has 1 amide bonds. The quantitative estimate of drug-likeness (QED) is 0.617. The van der Waals surface area contributed by atoms with Gasteiger partial charge >= 0.3 is 0 Å². The van der Waals surface area contributed by atoms with Gasteiger partial charge in [-0.15, -0.1) is 11.8 Å². The van der Waals surface area contributed by atoms with Crippen LogP contribution in [0.3, 0.4) is 0 Å². The maximum atomic E-state index is 11.6. The summed E-state index contributed by atoms with van der Waals surface area (Å²) >= 11 is 7.60. The van der Waals surface area contributed by atoms with E-state index in [4.69, 9.17) is 16.4 Å². The van der Waals surface area contributed by atoms with Crippen molar-refractivity contribution in [2.24, 2.45) is 0 Å². The van der Waals surface area contributed by atoms with Crippen LogP contribution in [0.1, 0.15) is 12.0 Å². The smallest absolute Gasteiger partial charge is 0.244 e. The van der Waals surface area contributed by atoms with Gasteiger partial charge in [0.1, 0.15) is 0 Å². The third kappa shape index (κ3) is 5.79. The number of nitrogens with one attached hydrogen (secondary N) is 1. The lowest BCUT2D eigenvalue weighted by Crippen LogP contribution is -2.23. The van der Waals surface area contributed by atoms with Crippen molar-refractivity contribution in [1.29, 1.82) is 0 Å². The number of carbonyl (C=O) groups is 1. The van der Waals surface area contributed by atoms with Gasteiger partial charge in [0.15, 0.2) is 0 Å². The number of hydroxylamine groups is 1. The van der Waals surface area contributed by atoms with Gasteiger partial charge < -0.3 is 0 Å². The first-order chi connectivity index (χ1) is 10.3. The second-order valence-corrected chi connectivity index (χ2v) is 5.87. The molecule has 2 rings (SSSR count). The average molecular weight is 322 g/mol. The Hall–Kier alpha value is -1.49. The van der Waals surface area contributed by atoms with Crippen LogP contribution in [-0.4, -0.2) is 11.7 Å². The number of hydrogen-bond donors (Lipinski definition) is 1. The Labute approximate surface area is 133 Å². The van der Waals surface area contributed by atoms with E-state index >= 15 is 0 Å². The Morgan fingerprint density at radius 2 is 1.81 bits per heavy atom. The maximum absolute atomic E-state index is 11.6. The molecule has 0 heterocycles. The lowest BCUT2D eigenvalue weighted by molar-refractivity contribution is -0.134. The third-order valence-corrected chi connectivity index (χ3v) is 4.21. The minimum atomic E-state index is -0.134. The van der Waals surface area contributed by atoms with Crippen LogP contribution >= 0.6 is 23.4 Å². The standard InChI is InChI=1S/C16H16ClNO2S/c17-14-8-4-5-9-15(14)21-11-10-16(19)18-20-12-13-6-2-1-3-7-13/h1-9H,10-12H2,(H,18,19). The van der Waals surface area contributed by atoms with Crippen molar-refractivity contribution in [2.45, 2.75) is 17.9 Å². The molecule has 0 saturated heterocycles. The highest BCUT2D eigenvalue weighted by Gasteiger charge is 2.04. The molecule has 0 fully saturated rings. The molecule has 0 atom stereocenters. The van der Waals surface area contributed by atoms with Crippen LogP contribution in [0.2, 0.25) is 5.02 Å². The van der Waals surface area contributed by atoms with Crippen LogP contribution in [-0.2, 0) is 16.2 Å². The van der Waals surface area contributed by atoms with Gasteiger partial charge in [-0.1, -0.05) is 54.1 Å². The Morgan fingerprint density at radius 3 is 2.57 bits per heavy atom. The molecule has 0 aliphatic carbocycles. The van der Waals surface area contributed by atoms with Gasteiger partial charge in [0.2, 0.25) is 5.91 Å². The molecule has 5 heteroatoms. The maximum Gasteiger partial charge on any atom is 0.244 e. The Morgan fingerprint density at radius 1 is 1.10 bits per heavy atom. The van der Waals surface area contributed by atoms with E-state index in [1.165, 1.54) is 0 Å². The first-order valence-electron chi connectivity index (χ1n) is 6.57. The van der Waals surface area contributed by atoms with E-state index in [1.807, 2.05) is 54.6 Å². The van der Waals surface area contributed by atoms with Gasteiger partial charge in [0, 0.05) is 17.1 Å². The topological polar surface area (TPSA) is 38.3 Å². The monoisotopic (exact) mass is 321 g/mol. The summed E-state index contributed by atoms with van der Waals surface area (Å²) in [5.74, 6) is 0.523. The van der Waals surface area contributed by atoms with Crippen molar-refractivity contribution in [3.05, 3.63) is 65.2 Å². The molecule has 0 bridgehead atoms. The molecule has 0 spiro atoms. The summed E-state index contributed by atoms with van der Waals surface area (Å²) in [4.78, 5) is 17.8. The normalized spacial score (nSPS) is 10.3. The van der Waals surface area contributed by atoms with Crippen LogP contribution in [0.4, 0.5) is 0 Å². The van der Waals surface area contributed by atoms with Crippen molar-refractivity contribution in [3.8, 4) is 0 Å². The summed E-state index contributed by atoms with van der Waals surface area (Å²) in [7, 11) is 0. The summed E-state index contributed by atoms with van der Waals surface area (Å²) in [6.07, 6.45) is 0.380. The van der Waals surface area contributed by atoms with E-state index in [9.17, 15) is 4.79 Å². The molecule has 0 aromatic heterocycles. The first-order valence-corrected chi connectivity index (χ1v) is 7.94. The predicted octanol–water partition coefficient (Wildman–Crippen LogP) is 4.07. The molecular formula is C16H16ClNO2S. The van der Waals surface area contributed by atoms with Gasteiger partial charge in [0.25, 0.3) is 0 Å². The van der Waals surface area contributed by atoms with E-state index in [0.29, 0.717) is 23.8 Å². The minimum absolute atomic E-state index is 0.134. The summed E-state index contributed by atoms with van der Waals surface area (Å²) in [6, 6.07) is 17.3. The number of amides is 1. The Bertz CT molecular complexity index is 577. The lowest BCUT2D eigenvalue weighted by atomic mass is 10.2. The molecule has 2 aromatic carbocycles. The van der Waals surface area contributed by atoms with E-state index in [0.717, 1.165) is 10.5 Å². The largest absolute Gasteiger partial charge is 0.273 e. The zero-order chi connectivity index (χ0) is 14.9. The van der Waals surface area contributed by atoms with Crippen LogP contribution < -0.4 is 5.48 Å². The molecule has 110 valence electrons. The highest BCUT2D eigenvalue weighted by molar-refractivity contribution is 7.99. The molecule has 0 aliphatic rings. The number of benzene rings is 2. The molecule has 21 heavy (non-hydrogen) atoms. The van der Waals surface area contributed by atoms with Gasteiger partial charge in [-0.05, 0) is 17.7 Å². The van der Waals surface area contributed by atoms with Crippen molar-refractivity contribution in [3.63, 3.8) is 0 Å². The zero-order valence-corrected chi connectivity index (χ0v) is 13.0. The molecular weight excluding hydrogens is 306 g/mol. The van der Waals surface area contributed by atoms with E-state index in [1.54, 1.807) is 11.8 Å². The first kappa shape index (κ1) is 15.9. The number of thioether (sulfide) groups is 1. The zero-order valence-electron chi connectivity index (χ0n) is 11.4. The van der Waals surface area contributed by atoms with Crippen LogP contribution in [0.25, 0.3) is 0 Å². The van der Waals surface area contributed by atoms with Crippen LogP contribution in [0.5, 0.6) is 0 Å². The third-order valence-electron chi connectivity index (χ3n) is 2.69. The van der Waals surface area contributed by atoms with Crippen molar-refractivity contribution < 1.29 is 9.63 Å². The van der Waals surface area contributed by atoms with Crippen molar-refractivity contribution in [2.75, 3.05) is 5.75 Å². The summed E-state index contributed by atoms with van der Waals surface area (Å²) in [5.41, 5.74) is 3.46. The van der Waals surface area contributed by atoms with Gasteiger partial charge in [-0.25, -0.2) is 5.48 Å². The predicted molar refractivity (Wildman–Crippen MR) is 86.2 cm³/mol. The number of carbonyl (C=O) groups excluding carboxylic acids is 1. The van der Waals surface area contributed by atoms with Gasteiger partial charge in [-0.2, -0.15) is 0 Å². The van der Waals surface area contributed by atoms with Crippen LogP contribution in [0.15, 0.2) is 59.5 Å². The summed E-state index contributed by atoms with van der Waals surface area (Å²) in [5, 5.41) is 0.711. The fraction of sp³-hybridized carbons (Fsp3) is 0.188. The SMILES string of the molecule is O=C(CCSc1ccccc1Cl)NOCc1ccccc1. The highest BCUT2D eigenvalue weighted by atomic mass is 35.5. The van der Waals surface area contributed by atoms with Gasteiger partial charge in [0.05, 0.1) is 11.6 Å². The number of halogens is 1. The molecule has 0 unspecified atom stereocenters. The average Bonchev–Trinajstić information content (AvgIpc) is 2.50. The molecule has 1 N–H and O–H groups in total. The Kier molecular flexibility index (Phi) is 6.60. The number of rotatable bonds is 7. The molecule has 0 aliphatic heterocycles. The fourth-order valence-electron chi connectivity index (χ4n) is 1.64.